The highest BCUT2D eigenvalue weighted by atomic mass is 35.5. The molecule has 0 saturated heterocycles. The van der Waals surface area contributed by atoms with Crippen LogP contribution >= 0.6 is 11.6 Å². The lowest BCUT2D eigenvalue weighted by Crippen LogP contribution is -2.70. The fraction of sp³-hybridized carbons (Fsp3) is 0.391. The number of amides is 2. The fourth-order valence-electron chi connectivity index (χ4n) is 4.60. The third-order valence-electron chi connectivity index (χ3n) is 6.39. The van der Waals surface area contributed by atoms with E-state index in [1.165, 1.54) is 12.1 Å². The first-order chi connectivity index (χ1) is 14.8. The van der Waals surface area contributed by atoms with Gasteiger partial charge >= 0.3 is 0 Å². The number of aliphatic hydroxyl groups is 1. The van der Waals surface area contributed by atoms with Crippen molar-refractivity contribution < 1.29 is 23.8 Å². The molecule has 2 bridgehead atoms. The van der Waals surface area contributed by atoms with Crippen molar-refractivity contribution in [2.75, 3.05) is 6.61 Å². The van der Waals surface area contributed by atoms with Gasteiger partial charge < -0.3 is 20.5 Å². The van der Waals surface area contributed by atoms with Gasteiger partial charge in [-0.15, -0.1) is 0 Å². The molecule has 5 rings (SSSR count). The molecule has 0 heterocycles. The summed E-state index contributed by atoms with van der Waals surface area (Å²) in [6, 6.07) is 12.9. The number of carbonyl (C=O) groups excluding carboxylic acids is 2. The fourth-order valence-corrected chi connectivity index (χ4v) is 4.71. The highest BCUT2D eigenvalue weighted by Crippen LogP contribution is 2.47. The summed E-state index contributed by atoms with van der Waals surface area (Å²) in [4.78, 5) is 25.1. The zero-order valence-electron chi connectivity index (χ0n) is 16.9. The topological polar surface area (TPSA) is 87.7 Å². The quantitative estimate of drug-likeness (QED) is 0.635. The van der Waals surface area contributed by atoms with E-state index in [0.29, 0.717) is 37.7 Å². The van der Waals surface area contributed by atoms with Gasteiger partial charge in [-0.3, -0.25) is 9.59 Å². The summed E-state index contributed by atoms with van der Waals surface area (Å²) in [7, 11) is 0. The maximum Gasteiger partial charge on any atom is 0.258 e. The molecule has 2 aromatic carbocycles. The molecule has 0 radical (unpaired) electrons. The van der Waals surface area contributed by atoms with E-state index < -0.39 is 23.0 Å². The Kier molecular flexibility index (Phi) is 5.90. The molecule has 3 saturated carbocycles. The van der Waals surface area contributed by atoms with Crippen LogP contribution in [0.3, 0.4) is 0 Å². The molecule has 2 amide bonds. The molecule has 0 aromatic heterocycles. The number of rotatable bonds is 6. The van der Waals surface area contributed by atoms with Crippen LogP contribution in [0.1, 0.15) is 42.5 Å². The van der Waals surface area contributed by atoms with Crippen molar-refractivity contribution in [3.63, 3.8) is 0 Å². The van der Waals surface area contributed by atoms with Crippen LogP contribution in [0.25, 0.3) is 0 Å². The number of ether oxygens (including phenoxy) is 1. The Morgan fingerprint density at radius 1 is 1.10 bits per heavy atom. The van der Waals surface area contributed by atoms with Gasteiger partial charge in [-0.1, -0.05) is 29.8 Å². The zero-order chi connectivity index (χ0) is 22.1. The van der Waals surface area contributed by atoms with Crippen LogP contribution in [0.15, 0.2) is 48.5 Å². The van der Waals surface area contributed by atoms with Gasteiger partial charge in [0, 0.05) is 17.2 Å². The van der Waals surface area contributed by atoms with Crippen molar-refractivity contribution in [1.29, 1.82) is 0 Å². The lowest BCUT2D eigenvalue weighted by molar-refractivity contribution is -0.129. The number of carbonyl (C=O) groups is 2. The first kappa shape index (κ1) is 21.6. The van der Waals surface area contributed by atoms with Crippen molar-refractivity contribution >= 4 is 23.4 Å². The predicted molar refractivity (Wildman–Crippen MR) is 114 cm³/mol. The summed E-state index contributed by atoms with van der Waals surface area (Å²) >= 11 is 5.65. The molecular formula is C23H24ClFN2O4. The normalized spacial score (nSPS) is 26.9. The van der Waals surface area contributed by atoms with Crippen molar-refractivity contribution in [1.82, 2.24) is 10.6 Å². The Morgan fingerprint density at radius 2 is 1.81 bits per heavy atom. The van der Waals surface area contributed by atoms with E-state index in [9.17, 15) is 19.1 Å². The van der Waals surface area contributed by atoms with Gasteiger partial charge in [0.2, 0.25) is 0 Å². The van der Waals surface area contributed by atoms with Crippen molar-refractivity contribution in [3.05, 3.63) is 64.9 Å². The minimum atomic E-state index is -0.769. The summed E-state index contributed by atoms with van der Waals surface area (Å²) in [5.74, 6) is -0.953. The van der Waals surface area contributed by atoms with Gasteiger partial charge in [0.25, 0.3) is 11.8 Å². The van der Waals surface area contributed by atoms with Gasteiger partial charge in [-0.2, -0.15) is 0 Å². The molecule has 8 heteroatoms. The summed E-state index contributed by atoms with van der Waals surface area (Å²) in [6.45, 7) is -0.269. The second-order valence-corrected chi connectivity index (χ2v) is 8.80. The summed E-state index contributed by atoms with van der Waals surface area (Å²) in [6.07, 6.45) is 1.99. The highest BCUT2D eigenvalue weighted by Gasteiger charge is 2.55. The van der Waals surface area contributed by atoms with Crippen molar-refractivity contribution in [2.45, 2.75) is 49.3 Å². The summed E-state index contributed by atoms with van der Waals surface area (Å²) in [5.41, 5.74) is -0.670. The lowest BCUT2D eigenvalue weighted by Gasteiger charge is -2.56. The molecule has 0 aliphatic heterocycles. The number of benzene rings is 2. The molecular weight excluding hydrogens is 423 g/mol. The molecule has 6 nitrogen and oxygen atoms in total. The molecule has 31 heavy (non-hydrogen) atoms. The predicted octanol–water partition coefficient (Wildman–Crippen LogP) is 3.22. The first-order valence-corrected chi connectivity index (χ1v) is 10.6. The molecule has 0 unspecified atom stereocenters. The van der Waals surface area contributed by atoms with Crippen LogP contribution in [0, 0.1) is 5.82 Å². The number of aliphatic hydroxyl groups excluding tert-OH is 1. The highest BCUT2D eigenvalue weighted by molar-refractivity contribution is 6.30. The second kappa shape index (κ2) is 8.48. The van der Waals surface area contributed by atoms with E-state index in [1.807, 2.05) is 6.07 Å². The molecule has 3 N–H and O–H groups in total. The largest absolute Gasteiger partial charge is 0.484 e. The van der Waals surface area contributed by atoms with Gasteiger partial charge in [0.1, 0.15) is 11.6 Å². The van der Waals surface area contributed by atoms with E-state index in [1.54, 1.807) is 24.3 Å². The average Bonchev–Trinajstić information content (AvgIpc) is 2.76. The standard InChI is InChI=1S/C23H24ClFN2O4/c24-17-7-6-16(12-18(17)25)31-14-20(29)26-22-8-10-23(11-9-22,19(28)13-22)27-21(30)15-4-2-1-3-5-15/h1-7,12,19,28H,8-11,13-14H2,(H,26,29)(H,27,30)/t19-,22?,23?/m1/s1. The summed E-state index contributed by atoms with van der Waals surface area (Å²) in [5, 5.41) is 16.9. The van der Waals surface area contributed by atoms with Crippen LogP contribution in [0.2, 0.25) is 5.02 Å². The molecule has 3 aliphatic carbocycles. The molecule has 164 valence electrons. The van der Waals surface area contributed by atoms with E-state index in [-0.39, 0.29) is 29.2 Å². The molecule has 3 aliphatic rings. The Bertz CT molecular complexity index is 977. The van der Waals surface area contributed by atoms with Crippen LogP contribution < -0.4 is 15.4 Å². The second-order valence-electron chi connectivity index (χ2n) is 8.39. The zero-order valence-corrected chi connectivity index (χ0v) is 17.6. The number of hydrogen-bond acceptors (Lipinski definition) is 4. The van der Waals surface area contributed by atoms with E-state index >= 15 is 0 Å². The number of fused-ring (bicyclic) bond motifs is 3. The maximum absolute atomic E-state index is 13.5. The molecule has 3 fully saturated rings. The van der Waals surface area contributed by atoms with E-state index in [0.717, 1.165) is 6.07 Å². The molecule has 2 aromatic rings. The van der Waals surface area contributed by atoms with E-state index in [4.69, 9.17) is 16.3 Å². The van der Waals surface area contributed by atoms with Crippen LogP contribution in [-0.4, -0.2) is 40.7 Å². The minimum absolute atomic E-state index is 0.0167. The number of nitrogens with one attached hydrogen (secondary N) is 2. The van der Waals surface area contributed by atoms with Gasteiger partial charge in [-0.05, 0) is 56.4 Å². The Balaban J connectivity index is 1.34. The van der Waals surface area contributed by atoms with Crippen LogP contribution in [-0.2, 0) is 4.79 Å². The minimum Gasteiger partial charge on any atom is -0.484 e. The van der Waals surface area contributed by atoms with Crippen LogP contribution in [0.5, 0.6) is 5.75 Å². The molecule has 1 atom stereocenters. The third kappa shape index (κ3) is 4.52. The van der Waals surface area contributed by atoms with Crippen LogP contribution in [0.4, 0.5) is 4.39 Å². The van der Waals surface area contributed by atoms with Gasteiger partial charge in [0.05, 0.1) is 16.7 Å². The Hall–Kier alpha value is -2.64. The molecule has 0 spiro atoms. The Labute approximate surface area is 184 Å². The maximum atomic E-state index is 13.5. The Morgan fingerprint density at radius 3 is 2.45 bits per heavy atom. The average molecular weight is 447 g/mol. The van der Waals surface area contributed by atoms with Crippen molar-refractivity contribution in [2.24, 2.45) is 0 Å². The first-order valence-electron chi connectivity index (χ1n) is 10.3. The number of hydrogen-bond donors (Lipinski definition) is 3. The van der Waals surface area contributed by atoms with Crippen molar-refractivity contribution in [3.8, 4) is 5.75 Å². The summed E-state index contributed by atoms with van der Waals surface area (Å²) < 4.78 is 18.9. The van der Waals surface area contributed by atoms with E-state index in [2.05, 4.69) is 10.6 Å². The third-order valence-corrected chi connectivity index (χ3v) is 6.69. The number of halogens is 2. The SMILES string of the molecule is O=C(COc1ccc(Cl)c(F)c1)NC12CCC(NC(=O)c3ccccc3)(CC1)[C@H](O)C2. The van der Waals surface area contributed by atoms with Gasteiger partial charge in [0.15, 0.2) is 6.61 Å². The smallest absolute Gasteiger partial charge is 0.258 e. The van der Waals surface area contributed by atoms with Gasteiger partial charge in [-0.25, -0.2) is 4.39 Å². The monoisotopic (exact) mass is 446 g/mol. The lowest BCUT2D eigenvalue weighted by atomic mass is 9.60.